The van der Waals surface area contributed by atoms with Gasteiger partial charge in [-0.15, -0.1) is 0 Å². The summed E-state index contributed by atoms with van der Waals surface area (Å²) in [6.07, 6.45) is 3.54. The quantitative estimate of drug-likeness (QED) is 0.876. The Hall–Kier alpha value is -2.04. The molecular formula is C17H25N3O2. The second kappa shape index (κ2) is 7.82. The van der Waals surface area contributed by atoms with Crippen LogP contribution in [0.25, 0.3) is 0 Å². The molecule has 0 radical (unpaired) electrons. The summed E-state index contributed by atoms with van der Waals surface area (Å²) in [6.45, 7) is 3.18. The molecule has 1 aromatic rings. The molecule has 0 aromatic heterocycles. The summed E-state index contributed by atoms with van der Waals surface area (Å²) in [5.41, 5.74) is 6.45. The zero-order chi connectivity index (χ0) is 15.9. The minimum absolute atomic E-state index is 0.0215. The van der Waals surface area contributed by atoms with Crippen molar-refractivity contribution in [2.75, 3.05) is 13.1 Å². The predicted octanol–water partition coefficient (Wildman–Crippen LogP) is 2.43. The Morgan fingerprint density at radius 3 is 2.73 bits per heavy atom. The molecule has 2 atom stereocenters. The number of hydrogen-bond donors (Lipinski definition) is 2. The number of nitrogens with one attached hydrogen (secondary N) is 1. The lowest BCUT2D eigenvalue weighted by molar-refractivity contribution is -0.127. The van der Waals surface area contributed by atoms with E-state index in [4.69, 9.17) is 5.73 Å². The van der Waals surface area contributed by atoms with Crippen LogP contribution in [0.4, 0.5) is 4.79 Å². The van der Waals surface area contributed by atoms with Crippen LogP contribution >= 0.6 is 0 Å². The summed E-state index contributed by atoms with van der Waals surface area (Å²) in [7, 11) is 0. The second-order valence-electron chi connectivity index (χ2n) is 5.88. The SMILES string of the molecule is CCC[C@H](NC(=O)[C@@H]1CCCN(C(N)=O)C1)c1ccccc1. The maximum Gasteiger partial charge on any atom is 0.314 e. The van der Waals surface area contributed by atoms with Gasteiger partial charge in [-0.1, -0.05) is 43.7 Å². The van der Waals surface area contributed by atoms with E-state index >= 15 is 0 Å². The van der Waals surface area contributed by atoms with Gasteiger partial charge in [-0.3, -0.25) is 4.79 Å². The van der Waals surface area contributed by atoms with Gasteiger partial charge in [0.05, 0.1) is 12.0 Å². The average molecular weight is 303 g/mol. The molecule has 1 heterocycles. The zero-order valence-electron chi connectivity index (χ0n) is 13.1. The van der Waals surface area contributed by atoms with Crippen molar-refractivity contribution >= 4 is 11.9 Å². The maximum absolute atomic E-state index is 12.5. The first-order valence-electron chi connectivity index (χ1n) is 8.01. The molecule has 0 aliphatic carbocycles. The number of amides is 3. The number of nitrogens with two attached hydrogens (primary N) is 1. The number of likely N-dealkylation sites (tertiary alicyclic amines) is 1. The molecule has 5 heteroatoms. The Kier molecular flexibility index (Phi) is 5.81. The topological polar surface area (TPSA) is 75.4 Å². The van der Waals surface area contributed by atoms with Crippen molar-refractivity contribution in [3.8, 4) is 0 Å². The number of piperidine rings is 1. The number of urea groups is 1. The third kappa shape index (κ3) is 4.23. The number of benzene rings is 1. The van der Waals surface area contributed by atoms with E-state index in [1.165, 1.54) is 0 Å². The average Bonchev–Trinajstić information content (AvgIpc) is 2.55. The number of hydrogen-bond acceptors (Lipinski definition) is 2. The first kappa shape index (κ1) is 16.3. The van der Waals surface area contributed by atoms with E-state index in [9.17, 15) is 9.59 Å². The van der Waals surface area contributed by atoms with Crippen LogP contribution in [0, 0.1) is 5.92 Å². The van der Waals surface area contributed by atoms with Gasteiger partial charge < -0.3 is 16.0 Å². The van der Waals surface area contributed by atoms with Gasteiger partial charge in [-0.2, -0.15) is 0 Å². The molecule has 1 aromatic carbocycles. The number of carbonyl (C=O) groups is 2. The van der Waals surface area contributed by atoms with Crippen molar-refractivity contribution in [2.24, 2.45) is 11.7 Å². The Morgan fingerprint density at radius 2 is 2.09 bits per heavy atom. The zero-order valence-corrected chi connectivity index (χ0v) is 13.1. The highest BCUT2D eigenvalue weighted by Crippen LogP contribution is 2.21. The Balaban J connectivity index is 2.00. The van der Waals surface area contributed by atoms with Crippen LogP contribution in [0.15, 0.2) is 30.3 Å². The smallest absolute Gasteiger partial charge is 0.314 e. The summed E-state index contributed by atoms with van der Waals surface area (Å²) < 4.78 is 0. The van der Waals surface area contributed by atoms with E-state index in [1.807, 2.05) is 30.3 Å². The van der Waals surface area contributed by atoms with Crippen LogP contribution in [0.5, 0.6) is 0 Å². The van der Waals surface area contributed by atoms with E-state index in [-0.39, 0.29) is 17.9 Å². The summed E-state index contributed by atoms with van der Waals surface area (Å²) in [5, 5.41) is 3.15. The molecule has 3 amide bonds. The highest BCUT2D eigenvalue weighted by Gasteiger charge is 2.28. The van der Waals surface area contributed by atoms with Crippen molar-refractivity contribution in [2.45, 2.75) is 38.6 Å². The molecule has 120 valence electrons. The minimum Gasteiger partial charge on any atom is -0.351 e. The fraction of sp³-hybridized carbons (Fsp3) is 0.529. The highest BCUT2D eigenvalue weighted by atomic mass is 16.2. The molecule has 1 saturated heterocycles. The van der Waals surface area contributed by atoms with Crippen molar-refractivity contribution in [1.82, 2.24) is 10.2 Å². The molecular weight excluding hydrogens is 278 g/mol. The molecule has 0 saturated carbocycles. The van der Waals surface area contributed by atoms with Crippen LogP contribution in [0.3, 0.4) is 0 Å². The van der Waals surface area contributed by atoms with Gasteiger partial charge in [0.15, 0.2) is 0 Å². The van der Waals surface area contributed by atoms with Crippen LogP contribution < -0.4 is 11.1 Å². The number of rotatable bonds is 5. The lowest BCUT2D eigenvalue weighted by Crippen LogP contribution is -2.47. The predicted molar refractivity (Wildman–Crippen MR) is 86.1 cm³/mol. The lowest BCUT2D eigenvalue weighted by Gasteiger charge is -2.31. The first-order valence-corrected chi connectivity index (χ1v) is 8.01. The minimum atomic E-state index is -0.439. The van der Waals surface area contributed by atoms with Gasteiger partial charge in [0.1, 0.15) is 0 Å². The number of carbonyl (C=O) groups excluding carboxylic acids is 2. The van der Waals surface area contributed by atoms with Gasteiger partial charge in [-0.25, -0.2) is 4.79 Å². The van der Waals surface area contributed by atoms with Crippen LogP contribution in [0.2, 0.25) is 0 Å². The van der Waals surface area contributed by atoms with Crippen molar-refractivity contribution in [3.05, 3.63) is 35.9 Å². The van der Waals surface area contributed by atoms with Gasteiger partial charge >= 0.3 is 6.03 Å². The Morgan fingerprint density at radius 1 is 1.36 bits per heavy atom. The van der Waals surface area contributed by atoms with E-state index in [1.54, 1.807) is 4.90 Å². The van der Waals surface area contributed by atoms with Gasteiger partial charge in [0.25, 0.3) is 0 Å². The number of nitrogens with zero attached hydrogens (tertiary/aromatic N) is 1. The highest BCUT2D eigenvalue weighted by molar-refractivity contribution is 5.80. The molecule has 0 bridgehead atoms. The van der Waals surface area contributed by atoms with Crippen LogP contribution in [-0.2, 0) is 4.79 Å². The molecule has 1 aliphatic heterocycles. The van der Waals surface area contributed by atoms with E-state index in [0.717, 1.165) is 31.2 Å². The van der Waals surface area contributed by atoms with E-state index < -0.39 is 6.03 Å². The third-order valence-electron chi connectivity index (χ3n) is 4.20. The largest absolute Gasteiger partial charge is 0.351 e. The summed E-state index contributed by atoms with van der Waals surface area (Å²) >= 11 is 0. The van der Waals surface area contributed by atoms with Crippen LogP contribution in [-0.4, -0.2) is 29.9 Å². The lowest BCUT2D eigenvalue weighted by atomic mass is 9.95. The van der Waals surface area contributed by atoms with E-state index in [2.05, 4.69) is 12.2 Å². The van der Waals surface area contributed by atoms with Gasteiger partial charge in [0.2, 0.25) is 5.91 Å². The summed E-state index contributed by atoms with van der Waals surface area (Å²) in [4.78, 5) is 25.4. The molecule has 0 unspecified atom stereocenters. The molecule has 22 heavy (non-hydrogen) atoms. The molecule has 0 spiro atoms. The van der Waals surface area contributed by atoms with Crippen LogP contribution in [0.1, 0.15) is 44.2 Å². The molecule has 1 fully saturated rings. The van der Waals surface area contributed by atoms with E-state index in [0.29, 0.717) is 13.1 Å². The Labute approximate surface area is 131 Å². The van der Waals surface area contributed by atoms with Crippen molar-refractivity contribution in [3.63, 3.8) is 0 Å². The number of primary amides is 1. The third-order valence-corrected chi connectivity index (χ3v) is 4.20. The normalized spacial score (nSPS) is 19.5. The monoisotopic (exact) mass is 303 g/mol. The molecule has 2 rings (SSSR count). The van der Waals surface area contributed by atoms with Gasteiger partial charge in [-0.05, 0) is 24.8 Å². The second-order valence-corrected chi connectivity index (χ2v) is 5.88. The van der Waals surface area contributed by atoms with Gasteiger partial charge in [0, 0.05) is 13.1 Å². The Bertz CT molecular complexity index is 504. The molecule has 5 nitrogen and oxygen atoms in total. The standard InChI is InChI=1S/C17H25N3O2/c1-2-7-15(13-8-4-3-5-9-13)19-16(21)14-10-6-11-20(12-14)17(18)22/h3-5,8-9,14-15H,2,6-7,10-12H2,1H3,(H2,18,22)(H,19,21)/t14-,15+/m1/s1. The summed E-state index contributed by atoms with van der Waals surface area (Å²) in [5.74, 6) is -0.141. The first-order chi connectivity index (χ1) is 10.6. The van der Waals surface area contributed by atoms with Crippen molar-refractivity contribution in [1.29, 1.82) is 0 Å². The fourth-order valence-corrected chi connectivity index (χ4v) is 2.98. The summed E-state index contributed by atoms with van der Waals surface area (Å²) in [6, 6.07) is 9.61. The molecule has 1 aliphatic rings. The van der Waals surface area contributed by atoms with Crippen molar-refractivity contribution < 1.29 is 9.59 Å². The fourth-order valence-electron chi connectivity index (χ4n) is 2.98. The molecule has 3 N–H and O–H groups in total. The maximum atomic E-state index is 12.5.